The summed E-state index contributed by atoms with van der Waals surface area (Å²) in [6, 6.07) is 6.71. The van der Waals surface area contributed by atoms with Crippen molar-refractivity contribution in [2.45, 2.75) is 65.5 Å². The molecule has 1 atom stereocenters. The lowest BCUT2D eigenvalue weighted by Crippen LogP contribution is -2.46. The SMILES string of the molecule is CN(CC1CCCN(C(=O)Nc2cccc(C(=O)NC(C)(C)C)c2)C1)C(=O)OC(C)(C)C. The number of carbonyl (C=O) groups is 3. The quantitative estimate of drug-likeness (QED) is 0.720. The first-order valence-corrected chi connectivity index (χ1v) is 11.2. The fraction of sp³-hybridized carbons (Fsp3) is 0.625. The fourth-order valence-electron chi connectivity index (χ4n) is 3.55. The Bertz CT molecular complexity index is 826. The summed E-state index contributed by atoms with van der Waals surface area (Å²) in [6.07, 6.45) is 1.46. The number of hydrogen-bond donors (Lipinski definition) is 2. The second-order valence-corrected chi connectivity index (χ2v) is 10.5. The molecule has 4 amide bonds. The van der Waals surface area contributed by atoms with Gasteiger partial charge in [0.15, 0.2) is 0 Å². The minimum atomic E-state index is -0.540. The third kappa shape index (κ3) is 8.40. The molecule has 178 valence electrons. The normalized spacial score (nSPS) is 16.8. The predicted octanol–water partition coefficient (Wildman–Crippen LogP) is 4.33. The Kier molecular flexibility index (Phi) is 8.15. The van der Waals surface area contributed by atoms with Gasteiger partial charge in [0.1, 0.15) is 5.60 Å². The first-order valence-electron chi connectivity index (χ1n) is 11.2. The molecule has 0 bridgehead atoms. The molecule has 0 aliphatic carbocycles. The molecule has 8 heteroatoms. The number of nitrogens with one attached hydrogen (secondary N) is 2. The third-order valence-corrected chi connectivity index (χ3v) is 4.91. The van der Waals surface area contributed by atoms with E-state index in [1.165, 1.54) is 0 Å². The van der Waals surface area contributed by atoms with Crippen LogP contribution in [0.5, 0.6) is 0 Å². The Balaban J connectivity index is 1.94. The Labute approximate surface area is 191 Å². The second-order valence-electron chi connectivity index (χ2n) is 10.5. The van der Waals surface area contributed by atoms with Crippen LogP contribution in [-0.4, -0.2) is 65.7 Å². The minimum absolute atomic E-state index is 0.177. The van der Waals surface area contributed by atoms with Crippen molar-refractivity contribution in [1.82, 2.24) is 15.1 Å². The summed E-state index contributed by atoms with van der Waals surface area (Å²) >= 11 is 0. The predicted molar refractivity (Wildman–Crippen MR) is 126 cm³/mol. The number of nitrogens with zero attached hydrogens (tertiary/aromatic N) is 2. The van der Waals surface area contributed by atoms with Gasteiger partial charge in [-0.25, -0.2) is 9.59 Å². The fourth-order valence-corrected chi connectivity index (χ4v) is 3.55. The summed E-state index contributed by atoms with van der Waals surface area (Å²) in [5.74, 6) is -0.00673. The number of likely N-dealkylation sites (tertiary alicyclic amines) is 1. The number of urea groups is 1. The van der Waals surface area contributed by atoms with E-state index < -0.39 is 5.60 Å². The molecule has 32 heavy (non-hydrogen) atoms. The Hall–Kier alpha value is -2.77. The van der Waals surface area contributed by atoms with Crippen molar-refractivity contribution in [2.24, 2.45) is 5.92 Å². The molecular weight excluding hydrogens is 408 g/mol. The molecule has 2 N–H and O–H groups in total. The molecule has 1 fully saturated rings. The first-order chi connectivity index (χ1) is 14.7. The Morgan fingerprint density at radius 2 is 1.84 bits per heavy atom. The van der Waals surface area contributed by atoms with Gasteiger partial charge in [0.05, 0.1) is 0 Å². The van der Waals surface area contributed by atoms with Gasteiger partial charge in [-0.3, -0.25) is 4.79 Å². The number of ether oxygens (including phenoxy) is 1. The van der Waals surface area contributed by atoms with Crippen molar-refractivity contribution in [3.05, 3.63) is 29.8 Å². The summed E-state index contributed by atoms with van der Waals surface area (Å²) in [5.41, 5.74) is 0.186. The summed E-state index contributed by atoms with van der Waals surface area (Å²) in [7, 11) is 1.72. The van der Waals surface area contributed by atoms with Crippen molar-refractivity contribution in [1.29, 1.82) is 0 Å². The van der Waals surface area contributed by atoms with Crippen LogP contribution in [0, 0.1) is 5.92 Å². The standard InChI is InChI=1S/C24H38N4O4/c1-23(2,3)26-20(29)18-11-8-12-19(14-18)25-21(30)28-13-9-10-17(16-28)15-27(7)22(31)32-24(4,5)6/h8,11-12,14,17H,9-10,13,15-16H2,1-7H3,(H,25,30)(H,26,29). The van der Waals surface area contributed by atoms with Crippen molar-refractivity contribution in [3.63, 3.8) is 0 Å². The highest BCUT2D eigenvalue weighted by atomic mass is 16.6. The van der Waals surface area contributed by atoms with Crippen LogP contribution in [0.4, 0.5) is 15.3 Å². The van der Waals surface area contributed by atoms with Crippen LogP contribution >= 0.6 is 0 Å². The summed E-state index contributed by atoms with van der Waals surface area (Å²) < 4.78 is 5.42. The molecule has 1 unspecified atom stereocenters. The van der Waals surface area contributed by atoms with Crippen LogP contribution in [0.25, 0.3) is 0 Å². The van der Waals surface area contributed by atoms with Crippen molar-refractivity contribution in [2.75, 3.05) is 32.0 Å². The van der Waals surface area contributed by atoms with E-state index >= 15 is 0 Å². The second kappa shape index (κ2) is 10.2. The highest BCUT2D eigenvalue weighted by Gasteiger charge is 2.27. The number of anilines is 1. The number of piperidine rings is 1. The van der Waals surface area contributed by atoms with Gasteiger partial charge in [0.2, 0.25) is 0 Å². The van der Waals surface area contributed by atoms with Crippen molar-refractivity contribution >= 4 is 23.7 Å². The molecule has 0 saturated carbocycles. The van der Waals surface area contributed by atoms with E-state index in [0.717, 1.165) is 12.8 Å². The van der Waals surface area contributed by atoms with Crippen LogP contribution in [0.3, 0.4) is 0 Å². The van der Waals surface area contributed by atoms with E-state index in [1.807, 2.05) is 41.5 Å². The summed E-state index contributed by atoms with van der Waals surface area (Å²) in [5, 5.41) is 5.82. The third-order valence-electron chi connectivity index (χ3n) is 4.91. The maximum Gasteiger partial charge on any atom is 0.410 e. The van der Waals surface area contributed by atoms with Gasteiger partial charge in [0, 0.05) is 43.5 Å². The van der Waals surface area contributed by atoms with E-state index in [4.69, 9.17) is 4.74 Å². The maximum atomic E-state index is 12.8. The number of rotatable bonds is 4. The summed E-state index contributed by atoms with van der Waals surface area (Å²) in [4.78, 5) is 40.8. The maximum absolute atomic E-state index is 12.8. The molecule has 8 nitrogen and oxygen atoms in total. The summed E-state index contributed by atoms with van der Waals surface area (Å²) in [6.45, 7) is 13.0. The van der Waals surface area contributed by atoms with Gasteiger partial charge in [-0.2, -0.15) is 0 Å². The van der Waals surface area contributed by atoms with Gasteiger partial charge in [-0.1, -0.05) is 6.07 Å². The lowest BCUT2D eigenvalue weighted by molar-refractivity contribution is 0.0253. The molecular formula is C24H38N4O4. The highest BCUT2D eigenvalue weighted by molar-refractivity contribution is 5.97. The molecule has 1 heterocycles. The smallest absolute Gasteiger partial charge is 0.410 e. The van der Waals surface area contributed by atoms with Crippen LogP contribution in [0.1, 0.15) is 64.7 Å². The number of benzene rings is 1. The molecule has 1 aliphatic rings. The van der Waals surface area contributed by atoms with Crippen LogP contribution in [0.2, 0.25) is 0 Å². The van der Waals surface area contributed by atoms with Gasteiger partial charge in [-0.05, 0) is 78.5 Å². The zero-order valence-corrected chi connectivity index (χ0v) is 20.4. The number of carbonyl (C=O) groups excluding carboxylic acids is 3. The Morgan fingerprint density at radius 1 is 1.16 bits per heavy atom. The zero-order chi connectivity index (χ0) is 24.1. The minimum Gasteiger partial charge on any atom is -0.444 e. The Morgan fingerprint density at radius 3 is 2.47 bits per heavy atom. The van der Waals surface area contributed by atoms with Crippen LogP contribution < -0.4 is 10.6 Å². The molecule has 0 spiro atoms. The van der Waals surface area contributed by atoms with Crippen LogP contribution in [-0.2, 0) is 4.74 Å². The lowest BCUT2D eigenvalue weighted by atomic mass is 9.98. The van der Waals surface area contributed by atoms with E-state index in [1.54, 1.807) is 41.1 Å². The molecule has 0 radical (unpaired) electrons. The lowest BCUT2D eigenvalue weighted by Gasteiger charge is -2.35. The number of amides is 4. The number of hydrogen-bond acceptors (Lipinski definition) is 4. The average Bonchev–Trinajstić information content (AvgIpc) is 2.65. The van der Waals surface area contributed by atoms with Crippen molar-refractivity contribution < 1.29 is 19.1 Å². The van der Waals surface area contributed by atoms with Crippen LogP contribution in [0.15, 0.2) is 24.3 Å². The molecule has 1 aliphatic heterocycles. The zero-order valence-electron chi connectivity index (χ0n) is 20.4. The van der Waals surface area contributed by atoms with E-state index in [2.05, 4.69) is 10.6 Å². The van der Waals surface area contributed by atoms with Gasteiger partial charge < -0.3 is 25.2 Å². The van der Waals surface area contributed by atoms with E-state index in [9.17, 15) is 14.4 Å². The van der Waals surface area contributed by atoms with Crippen molar-refractivity contribution in [3.8, 4) is 0 Å². The molecule has 2 rings (SSSR count). The highest BCUT2D eigenvalue weighted by Crippen LogP contribution is 2.20. The van der Waals surface area contributed by atoms with Gasteiger partial charge in [0.25, 0.3) is 5.91 Å². The van der Waals surface area contributed by atoms with E-state index in [-0.39, 0.29) is 29.5 Å². The van der Waals surface area contributed by atoms with Gasteiger partial charge in [-0.15, -0.1) is 0 Å². The topological polar surface area (TPSA) is 91.0 Å². The molecule has 1 aromatic rings. The monoisotopic (exact) mass is 446 g/mol. The van der Waals surface area contributed by atoms with E-state index in [0.29, 0.717) is 30.9 Å². The largest absolute Gasteiger partial charge is 0.444 e. The van der Waals surface area contributed by atoms with Gasteiger partial charge >= 0.3 is 12.1 Å². The molecule has 1 saturated heterocycles. The average molecular weight is 447 g/mol. The first kappa shape index (κ1) is 25.5. The molecule has 1 aromatic carbocycles. The molecule has 0 aromatic heterocycles.